The van der Waals surface area contributed by atoms with Crippen molar-refractivity contribution < 1.29 is 0 Å². The van der Waals surface area contributed by atoms with Gasteiger partial charge in [-0.1, -0.05) is 152 Å². The van der Waals surface area contributed by atoms with Gasteiger partial charge in [0.2, 0.25) is 0 Å². The van der Waals surface area contributed by atoms with Gasteiger partial charge in [-0.05, 0) is 70.3 Å². The Morgan fingerprint density at radius 2 is 0.708 bits per heavy atom. The minimum atomic E-state index is 1.11. The molecule has 0 aliphatic carbocycles. The molecule has 0 unspecified atom stereocenters. The summed E-state index contributed by atoms with van der Waals surface area (Å²) >= 11 is 0. The van der Waals surface area contributed by atoms with Crippen LogP contribution in [0.4, 0.5) is 17.1 Å². The van der Waals surface area contributed by atoms with Crippen LogP contribution in [-0.4, -0.2) is 4.40 Å². The fourth-order valence-corrected chi connectivity index (χ4v) is 7.14. The predicted molar refractivity (Wildman–Crippen MR) is 203 cm³/mol. The second-order valence-electron chi connectivity index (χ2n) is 12.2. The fraction of sp³-hybridized carbons (Fsp3) is 0. The van der Waals surface area contributed by atoms with Crippen LogP contribution in [0.2, 0.25) is 0 Å². The van der Waals surface area contributed by atoms with E-state index in [0.717, 1.165) is 17.1 Å². The predicted octanol–water partition coefficient (Wildman–Crippen LogP) is 12.7. The van der Waals surface area contributed by atoms with Crippen LogP contribution in [-0.2, 0) is 0 Å². The van der Waals surface area contributed by atoms with Gasteiger partial charge in [-0.2, -0.15) is 0 Å². The largest absolute Gasteiger partial charge is 0.310 e. The lowest BCUT2D eigenvalue weighted by atomic mass is 10.0. The second kappa shape index (κ2) is 11.8. The highest BCUT2D eigenvalue weighted by Crippen LogP contribution is 2.45. The molecule has 0 N–H and O–H groups in total. The zero-order valence-corrected chi connectivity index (χ0v) is 26.4. The minimum Gasteiger partial charge on any atom is -0.310 e. The van der Waals surface area contributed by atoms with E-state index in [9.17, 15) is 0 Å². The van der Waals surface area contributed by atoms with E-state index in [1.165, 1.54) is 60.7 Å². The van der Waals surface area contributed by atoms with Gasteiger partial charge in [0.15, 0.2) is 0 Å². The summed E-state index contributed by atoms with van der Waals surface area (Å²) in [5.41, 5.74) is 14.2. The number of para-hydroxylation sites is 2. The summed E-state index contributed by atoms with van der Waals surface area (Å²) in [6, 6.07) is 69.9. The number of hydrogen-bond donors (Lipinski definition) is 0. The van der Waals surface area contributed by atoms with Crippen molar-refractivity contribution >= 4 is 44.4 Å². The van der Waals surface area contributed by atoms with Gasteiger partial charge in [0.05, 0.1) is 22.2 Å². The normalized spacial score (nSPS) is 11.3. The van der Waals surface area contributed by atoms with E-state index in [1.807, 2.05) is 0 Å². The van der Waals surface area contributed by atoms with E-state index < -0.39 is 0 Å². The van der Waals surface area contributed by atoms with Crippen molar-refractivity contribution in [2.45, 2.75) is 0 Å². The summed E-state index contributed by atoms with van der Waals surface area (Å²) in [5.74, 6) is 0. The number of fused-ring (bicyclic) bond motifs is 5. The van der Waals surface area contributed by atoms with Gasteiger partial charge in [-0.3, -0.25) is 0 Å². The monoisotopic (exact) mass is 612 g/mol. The molecule has 2 heterocycles. The Bertz CT molecular complexity index is 2430. The highest BCUT2D eigenvalue weighted by Gasteiger charge is 2.22. The molecule has 9 rings (SSSR count). The summed E-state index contributed by atoms with van der Waals surface area (Å²) in [5, 5.41) is 2.43. The first kappa shape index (κ1) is 27.9. The maximum Gasteiger partial charge on any atom is 0.0576 e. The van der Waals surface area contributed by atoms with Gasteiger partial charge < -0.3 is 9.30 Å². The molecule has 2 nitrogen and oxygen atoms in total. The van der Waals surface area contributed by atoms with Crippen LogP contribution < -0.4 is 4.90 Å². The molecule has 0 saturated carbocycles. The van der Waals surface area contributed by atoms with E-state index in [0.29, 0.717) is 0 Å². The summed E-state index contributed by atoms with van der Waals surface area (Å²) in [6.45, 7) is 0. The molecule has 0 amide bonds. The van der Waals surface area contributed by atoms with Gasteiger partial charge in [0.25, 0.3) is 0 Å². The maximum absolute atomic E-state index is 2.44. The summed E-state index contributed by atoms with van der Waals surface area (Å²) in [6.07, 6.45) is 0. The third kappa shape index (κ3) is 4.74. The summed E-state index contributed by atoms with van der Waals surface area (Å²) in [4.78, 5) is 2.42. The zero-order valence-electron chi connectivity index (χ0n) is 26.4. The Morgan fingerprint density at radius 1 is 0.312 bits per heavy atom. The Morgan fingerprint density at radius 3 is 1.23 bits per heavy atom. The molecule has 2 heteroatoms. The molecule has 0 bridgehead atoms. The highest BCUT2D eigenvalue weighted by atomic mass is 15.1. The third-order valence-electron chi connectivity index (χ3n) is 9.37. The van der Waals surface area contributed by atoms with E-state index in [1.54, 1.807) is 0 Å². The molecule has 226 valence electrons. The fourth-order valence-electron chi connectivity index (χ4n) is 7.14. The molecule has 2 aromatic heterocycles. The van der Waals surface area contributed by atoms with Crippen molar-refractivity contribution in [1.82, 2.24) is 4.40 Å². The smallest absolute Gasteiger partial charge is 0.0576 e. The maximum atomic E-state index is 2.44. The van der Waals surface area contributed by atoms with Crippen LogP contribution >= 0.6 is 0 Å². The van der Waals surface area contributed by atoms with Crippen LogP contribution in [0.15, 0.2) is 194 Å². The quantitative estimate of drug-likeness (QED) is 0.181. The Kier molecular flexibility index (Phi) is 6.84. The van der Waals surface area contributed by atoms with Crippen LogP contribution in [0, 0.1) is 0 Å². The van der Waals surface area contributed by atoms with Crippen molar-refractivity contribution in [3.05, 3.63) is 194 Å². The Balaban J connectivity index is 1.32. The zero-order chi connectivity index (χ0) is 31.9. The minimum absolute atomic E-state index is 1.11. The third-order valence-corrected chi connectivity index (χ3v) is 9.37. The number of benzene rings is 7. The molecule has 48 heavy (non-hydrogen) atoms. The van der Waals surface area contributed by atoms with Gasteiger partial charge in [-0.15, -0.1) is 0 Å². The summed E-state index contributed by atoms with van der Waals surface area (Å²) < 4.78 is 2.44. The van der Waals surface area contributed by atoms with E-state index in [-0.39, 0.29) is 0 Å². The van der Waals surface area contributed by atoms with Gasteiger partial charge in [0, 0.05) is 27.7 Å². The molecule has 0 fully saturated rings. The number of aromatic nitrogens is 1. The molecule has 0 aliphatic rings. The topological polar surface area (TPSA) is 7.65 Å². The van der Waals surface area contributed by atoms with Crippen LogP contribution in [0.25, 0.3) is 60.7 Å². The lowest BCUT2D eigenvalue weighted by molar-refractivity contribution is 1.27. The van der Waals surface area contributed by atoms with Crippen LogP contribution in [0.3, 0.4) is 0 Å². The molecular formula is C46H32N2. The van der Waals surface area contributed by atoms with Gasteiger partial charge in [-0.25, -0.2) is 0 Å². The Hall–Kier alpha value is -6.38. The standard InChI is InChI=1S/C46H32N2/c1-4-14-33(15-5-1)35-24-28-38(29-25-35)47(39-30-26-36(27-31-39)34-16-6-2-7-17-34)44-32-45-46(37-18-8-3-9-19-37)41-21-11-13-23-43(41)48(45)42-22-12-10-20-40(42)44/h1-32H. The van der Waals surface area contributed by atoms with Gasteiger partial charge >= 0.3 is 0 Å². The first-order valence-electron chi connectivity index (χ1n) is 16.4. The lowest BCUT2D eigenvalue weighted by Crippen LogP contribution is -2.11. The van der Waals surface area contributed by atoms with Crippen molar-refractivity contribution in [3.63, 3.8) is 0 Å². The SMILES string of the molecule is c1ccc(-c2ccc(N(c3ccc(-c4ccccc4)cc3)c3cc4c(-c5ccccc5)c5ccccc5n4c4ccccc34)cc2)cc1. The van der Waals surface area contributed by atoms with Gasteiger partial charge in [0.1, 0.15) is 0 Å². The van der Waals surface area contributed by atoms with E-state index in [2.05, 4.69) is 203 Å². The van der Waals surface area contributed by atoms with Crippen LogP contribution in [0.1, 0.15) is 0 Å². The summed E-state index contributed by atoms with van der Waals surface area (Å²) in [7, 11) is 0. The lowest BCUT2D eigenvalue weighted by Gasteiger charge is -2.28. The van der Waals surface area contributed by atoms with Crippen molar-refractivity contribution in [1.29, 1.82) is 0 Å². The molecule has 0 radical (unpaired) electrons. The molecular weight excluding hydrogens is 581 g/mol. The average molecular weight is 613 g/mol. The average Bonchev–Trinajstić information content (AvgIpc) is 3.51. The van der Waals surface area contributed by atoms with Crippen molar-refractivity contribution in [2.24, 2.45) is 0 Å². The molecule has 7 aromatic carbocycles. The van der Waals surface area contributed by atoms with E-state index in [4.69, 9.17) is 0 Å². The van der Waals surface area contributed by atoms with Crippen molar-refractivity contribution in [3.8, 4) is 33.4 Å². The van der Waals surface area contributed by atoms with Crippen molar-refractivity contribution in [2.75, 3.05) is 4.90 Å². The number of anilines is 3. The molecule has 0 atom stereocenters. The second-order valence-corrected chi connectivity index (χ2v) is 12.2. The van der Waals surface area contributed by atoms with Crippen LogP contribution in [0.5, 0.6) is 0 Å². The molecule has 0 saturated heterocycles. The van der Waals surface area contributed by atoms with E-state index >= 15 is 0 Å². The first-order valence-corrected chi connectivity index (χ1v) is 16.4. The molecule has 0 aliphatic heterocycles. The molecule has 9 aromatic rings. The number of rotatable bonds is 6. The number of nitrogens with zero attached hydrogens (tertiary/aromatic N) is 2. The highest BCUT2D eigenvalue weighted by molar-refractivity contribution is 6.12. The first-order chi connectivity index (χ1) is 23.8. The Labute approximate surface area is 280 Å². The molecule has 0 spiro atoms. The number of hydrogen-bond acceptors (Lipinski definition) is 1. The number of pyridine rings is 1.